The fraction of sp³-hybridized carbons (Fsp3) is 0.200. The number of hydrogen-bond donors (Lipinski definition) is 1. The molecular weight excluding hydrogens is 453 g/mol. The SMILES string of the molecule is Cc1cccc(Oc2cc(NC(=O)Cn3nc(C(F)(F)F)c(Cl)c3C)cc([N+](=O)[O-])c2)c1. The zero-order chi connectivity index (χ0) is 23.6. The number of aryl methyl sites for hydroxylation is 1. The first-order chi connectivity index (χ1) is 14.9. The Morgan fingerprint density at radius 1 is 1.22 bits per heavy atom. The van der Waals surface area contributed by atoms with Gasteiger partial charge in [0.25, 0.3) is 5.69 Å². The standard InChI is InChI=1S/C20H16ClF3N4O4/c1-11-4-3-5-15(6-11)32-16-8-13(7-14(9-16)28(30)31)25-17(29)10-27-12(2)18(21)19(26-27)20(22,23)24/h3-9H,10H2,1-2H3,(H,25,29). The van der Waals surface area contributed by atoms with Crippen LogP contribution >= 0.6 is 11.6 Å². The van der Waals surface area contributed by atoms with Crippen molar-refractivity contribution in [3.63, 3.8) is 0 Å². The van der Waals surface area contributed by atoms with Gasteiger partial charge in [0.15, 0.2) is 5.69 Å². The van der Waals surface area contributed by atoms with Gasteiger partial charge in [-0.1, -0.05) is 23.7 Å². The van der Waals surface area contributed by atoms with Crippen LogP contribution in [0.5, 0.6) is 11.5 Å². The van der Waals surface area contributed by atoms with E-state index >= 15 is 0 Å². The number of halogens is 4. The van der Waals surface area contributed by atoms with Crippen molar-refractivity contribution in [2.75, 3.05) is 5.32 Å². The van der Waals surface area contributed by atoms with Crippen LogP contribution in [0.3, 0.4) is 0 Å². The fourth-order valence-electron chi connectivity index (χ4n) is 2.83. The molecule has 0 saturated heterocycles. The highest BCUT2D eigenvalue weighted by molar-refractivity contribution is 6.32. The minimum absolute atomic E-state index is 0.0267. The van der Waals surface area contributed by atoms with E-state index in [4.69, 9.17) is 16.3 Å². The highest BCUT2D eigenvalue weighted by Gasteiger charge is 2.38. The summed E-state index contributed by atoms with van der Waals surface area (Å²) in [5.74, 6) is -0.231. The van der Waals surface area contributed by atoms with Gasteiger partial charge in [-0.3, -0.25) is 19.6 Å². The van der Waals surface area contributed by atoms with Crippen LogP contribution in [-0.4, -0.2) is 20.6 Å². The molecule has 0 spiro atoms. The maximum atomic E-state index is 13.0. The number of amides is 1. The first-order valence-electron chi connectivity index (χ1n) is 9.08. The molecule has 1 aromatic heterocycles. The molecule has 8 nitrogen and oxygen atoms in total. The second-order valence-corrected chi connectivity index (χ2v) is 7.22. The van der Waals surface area contributed by atoms with Crippen LogP contribution in [-0.2, 0) is 17.5 Å². The summed E-state index contributed by atoms with van der Waals surface area (Å²) < 4.78 is 45.3. The lowest BCUT2D eigenvalue weighted by atomic mass is 10.2. The number of nitrogens with one attached hydrogen (secondary N) is 1. The number of aromatic nitrogens is 2. The highest BCUT2D eigenvalue weighted by Crippen LogP contribution is 2.35. The first kappa shape index (κ1) is 23.1. The minimum Gasteiger partial charge on any atom is -0.457 e. The summed E-state index contributed by atoms with van der Waals surface area (Å²) in [6.07, 6.45) is -4.77. The third-order valence-electron chi connectivity index (χ3n) is 4.31. The van der Waals surface area contributed by atoms with Gasteiger partial charge in [-0.2, -0.15) is 18.3 Å². The Hall–Kier alpha value is -3.60. The number of ether oxygens (including phenoxy) is 1. The molecule has 0 saturated carbocycles. The van der Waals surface area contributed by atoms with Crippen molar-refractivity contribution in [2.45, 2.75) is 26.6 Å². The third kappa shape index (κ3) is 5.35. The van der Waals surface area contributed by atoms with E-state index in [9.17, 15) is 28.1 Å². The quantitative estimate of drug-likeness (QED) is 0.380. The number of non-ortho nitro benzene ring substituents is 1. The molecule has 0 atom stereocenters. The average Bonchev–Trinajstić information content (AvgIpc) is 2.96. The van der Waals surface area contributed by atoms with Gasteiger partial charge >= 0.3 is 6.18 Å². The van der Waals surface area contributed by atoms with E-state index in [2.05, 4.69) is 10.4 Å². The molecule has 0 fully saturated rings. The number of hydrogen-bond acceptors (Lipinski definition) is 5. The largest absolute Gasteiger partial charge is 0.457 e. The van der Waals surface area contributed by atoms with E-state index in [1.54, 1.807) is 18.2 Å². The van der Waals surface area contributed by atoms with Gasteiger partial charge in [-0.25, -0.2) is 0 Å². The van der Waals surface area contributed by atoms with Crippen LogP contribution in [0.2, 0.25) is 5.02 Å². The Morgan fingerprint density at radius 3 is 2.53 bits per heavy atom. The summed E-state index contributed by atoms with van der Waals surface area (Å²) in [7, 11) is 0. The van der Waals surface area contributed by atoms with Crippen LogP contribution < -0.4 is 10.1 Å². The lowest BCUT2D eigenvalue weighted by Gasteiger charge is -2.10. The average molecular weight is 469 g/mol. The van der Waals surface area contributed by atoms with Gasteiger partial charge in [0.05, 0.1) is 27.4 Å². The van der Waals surface area contributed by atoms with E-state index in [1.165, 1.54) is 19.1 Å². The molecule has 2 aromatic carbocycles. The molecule has 0 unspecified atom stereocenters. The van der Waals surface area contributed by atoms with Crippen LogP contribution in [0, 0.1) is 24.0 Å². The fourth-order valence-corrected chi connectivity index (χ4v) is 3.07. The molecular formula is C20H16ClF3N4O4. The summed E-state index contributed by atoms with van der Waals surface area (Å²) >= 11 is 5.68. The normalized spacial score (nSPS) is 11.3. The number of nitrogens with zero attached hydrogens (tertiary/aromatic N) is 3. The molecule has 0 aliphatic carbocycles. The van der Waals surface area contributed by atoms with Crippen molar-refractivity contribution < 1.29 is 27.6 Å². The van der Waals surface area contributed by atoms with Gasteiger partial charge in [0.1, 0.15) is 18.0 Å². The first-order valence-corrected chi connectivity index (χ1v) is 9.46. The van der Waals surface area contributed by atoms with Crippen molar-refractivity contribution in [3.05, 3.63) is 74.6 Å². The minimum atomic E-state index is -4.77. The Bertz CT molecular complexity index is 1190. The van der Waals surface area contributed by atoms with Crippen LogP contribution in [0.4, 0.5) is 24.5 Å². The van der Waals surface area contributed by atoms with Gasteiger partial charge < -0.3 is 10.1 Å². The Balaban J connectivity index is 1.83. The molecule has 0 bridgehead atoms. The summed E-state index contributed by atoms with van der Waals surface area (Å²) in [6, 6.07) is 10.6. The lowest BCUT2D eigenvalue weighted by Crippen LogP contribution is -2.21. The van der Waals surface area contributed by atoms with Crippen LogP contribution in [0.15, 0.2) is 42.5 Å². The molecule has 1 N–H and O–H groups in total. The number of alkyl halides is 3. The highest BCUT2D eigenvalue weighted by atomic mass is 35.5. The van der Waals surface area contributed by atoms with E-state index in [0.717, 1.165) is 16.3 Å². The number of carbonyl (C=O) groups excluding carboxylic acids is 1. The van der Waals surface area contributed by atoms with E-state index in [1.807, 2.05) is 13.0 Å². The molecule has 0 radical (unpaired) electrons. The molecule has 1 heterocycles. The molecule has 3 aromatic rings. The Morgan fingerprint density at radius 2 is 1.94 bits per heavy atom. The molecule has 1 amide bonds. The summed E-state index contributed by atoms with van der Waals surface area (Å²) in [4.78, 5) is 23.0. The topological polar surface area (TPSA) is 99.3 Å². The van der Waals surface area contributed by atoms with Crippen molar-refractivity contribution in [1.82, 2.24) is 9.78 Å². The van der Waals surface area contributed by atoms with Crippen LogP contribution in [0.1, 0.15) is 17.0 Å². The second kappa shape index (κ2) is 8.87. The molecule has 12 heteroatoms. The molecule has 32 heavy (non-hydrogen) atoms. The Kier molecular flexibility index (Phi) is 6.40. The van der Waals surface area contributed by atoms with Crippen molar-refractivity contribution in [2.24, 2.45) is 0 Å². The number of anilines is 1. The van der Waals surface area contributed by atoms with E-state index in [-0.39, 0.29) is 22.8 Å². The maximum Gasteiger partial charge on any atom is 0.436 e. The van der Waals surface area contributed by atoms with Gasteiger partial charge in [-0.05, 0) is 31.5 Å². The monoisotopic (exact) mass is 468 g/mol. The van der Waals surface area contributed by atoms with Gasteiger partial charge in [-0.15, -0.1) is 0 Å². The second-order valence-electron chi connectivity index (χ2n) is 6.84. The van der Waals surface area contributed by atoms with Crippen molar-refractivity contribution in [3.8, 4) is 11.5 Å². The third-order valence-corrected chi connectivity index (χ3v) is 4.76. The molecule has 168 valence electrons. The number of rotatable bonds is 6. The molecule has 3 rings (SSSR count). The number of nitro benzene ring substituents is 1. The zero-order valence-corrected chi connectivity index (χ0v) is 17.5. The smallest absolute Gasteiger partial charge is 0.436 e. The van der Waals surface area contributed by atoms with Gasteiger partial charge in [0.2, 0.25) is 5.91 Å². The maximum absolute atomic E-state index is 13.0. The van der Waals surface area contributed by atoms with Crippen LogP contribution in [0.25, 0.3) is 0 Å². The van der Waals surface area contributed by atoms with E-state index in [0.29, 0.717) is 5.75 Å². The summed E-state index contributed by atoms with van der Waals surface area (Å²) in [5, 5.41) is 16.4. The van der Waals surface area contributed by atoms with Crippen molar-refractivity contribution in [1.29, 1.82) is 0 Å². The molecule has 0 aliphatic heterocycles. The van der Waals surface area contributed by atoms with Crippen molar-refractivity contribution >= 4 is 28.9 Å². The predicted molar refractivity (Wildman–Crippen MR) is 110 cm³/mol. The number of nitro groups is 1. The Labute approximate surface area is 184 Å². The van der Waals surface area contributed by atoms with Gasteiger partial charge in [0, 0.05) is 12.1 Å². The number of benzene rings is 2. The predicted octanol–water partition coefficient (Wildman–Crippen LogP) is 5.51. The summed E-state index contributed by atoms with van der Waals surface area (Å²) in [5.41, 5.74) is -0.750. The summed E-state index contributed by atoms with van der Waals surface area (Å²) in [6.45, 7) is 2.55. The zero-order valence-electron chi connectivity index (χ0n) is 16.7. The number of carbonyl (C=O) groups is 1. The molecule has 0 aliphatic rings. The van der Waals surface area contributed by atoms with E-state index < -0.39 is 34.3 Å². The lowest BCUT2D eigenvalue weighted by molar-refractivity contribution is -0.384.